The summed E-state index contributed by atoms with van der Waals surface area (Å²) in [5, 5.41) is 18.7. The van der Waals surface area contributed by atoms with Gasteiger partial charge in [0.15, 0.2) is 0 Å². The maximum absolute atomic E-state index is 11.8. The maximum Gasteiger partial charge on any atom is 0.339 e. The van der Waals surface area contributed by atoms with Gasteiger partial charge in [-0.05, 0) is 55.9 Å². The standard InChI is InChI=1S/C20H20O6S/c1-12-2-4-13(5-3-12)14-6-9-18(19(10-14)27(24)25)26-15-7-8-17(21)16(11-15)20(22)23/h2-5,7-8,11,14,18,21H,6,9-10H2,1H3,(H,22,23). The van der Waals surface area contributed by atoms with Gasteiger partial charge in [-0.15, -0.1) is 0 Å². The number of benzene rings is 2. The molecule has 1 saturated carbocycles. The highest BCUT2D eigenvalue weighted by molar-refractivity contribution is 7.73. The minimum absolute atomic E-state index is 0.104. The van der Waals surface area contributed by atoms with Crippen LogP contribution < -0.4 is 4.74 Å². The van der Waals surface area contributed by atoms with Gasteiger partial charge in [-0.2, -0.15) is 8.42 Å². The van der Waals surface area contributed by atoms with E-state index < -0.39 is 22.4 Å². The van der Waals surface area contributed by atoms with E-state index in [2.05, 4.69) is 0 Å². The summed E-state index contributed by atoms with van der Waals surface area (Å²) < 4.78 is 29.3. The third kappa shape index (κ3) is 4.31. The fourth-order valence-corrected chi connectivity index (χ4v) is 4.05. The van der Waals surface area contributed by atoms with E-state index in [-0.39, 0.29) is 27.8 Å². The number of hydrogen-bond acceptors (Lipinski definition) is 5. The van der Waals surface area contributed by atoms with Crippen molar-refractivity contribution in [2.24, 2.45) is 0 Å². The smallest absolute Gasteiger partial charge is 0.339 e. The van der Waals surface area contributed by atoms with Crippen molar-refractivity contribution in [3.8, 4) is 11.5 Å². The summed E-state index contributed by atoms with van der Waals surface area (Å²) in [5.41, 5.74) is 1.96. The number of hydrogen-bond donors (Lipinski definition) is 2. The molecule has 3 rings (SSSR count). The molecule has 1 fully saturated rings. The lowest BCUT2D eigenvalue weighted by Crippen LogP contribution is -2.34. The minimum atomic E-state index is -2.40. The van der Waals surface area contributed by atoms with Crippen LogP contribution in [0, 0.1) is 6.92 Å². The van der Waals surface area contributed by atoms with Crippen LogP contribution in [0.2, 0.25) is 0 Å². The SMILES string of the molecule is Cc1ccc(C2CCC(Oc3ccc(O)c(C(=O)O)c3)C(=S(=O)=O)C2)cc1. The topological polar surface area (TPSA) is 101 Å². The minimum Gasteiger partial charge on any atom is -0.507 e. The Labute approximate surface area is 158 Å². The molecule has 2 aromatic rings. The Bertz CT molecular complexity index is 984. The Hall–Kier alpha value is -2.80. The van der Waals surface area contributed by atoms with E-state index in [1.807, 2.05) is 31.2 Å². The van der Waals surface area contributed by atoms with Gasteiger partial charge in [0.1, 0.15) is 23.2 Å². The van der Waals surface area contributed by atoms with E-state index in [4.69, 9.17) is 9.84 Å². The molecule has 0 heterocycles. The van der Waals surface area contributed by atoms with Crippen LogP contribution in [0.4, 0.5) is 0 Å². The second-order valence-corrected chi connectivity index (χ2v) is 7.67. The van der Waals surface area contributed by atoms with Crippen LogP contribution in [0.1, 0.15) is 46.7 Å². The van der Waals surface area contributed by atoms with E-state index in [1.165, 1.54) is 18.2 Å². The van der Waals surface area contributed by atoms with Gasteiger partial charge in [-0.1, -0.05) is 29.8 Å². The highest BCUT2D eigenvalue weighted by atomic mass is 32.2. The predicted octanol–water partition coefficient (Wildman–Crippen LogP) is 3.17. The predicted molar refractivity (Wildman–Crippen MR) is 101 cm³/mol. The number of carboxylic acid groups (broad SMARTS) is 1. The number of aromatic hydroxyl groups is 1. The van der Waals surface area contributed by atoms with Crippen LogP contribution in [0.5, 0.6) is 11.5 Å². The Morgan fingerprint density at radius 3 is 2.44 bits per heavy atom. The van der Waals surface area contributed by atoms with Crippen LogP contribution in [0.15, 0.2) is 42.5 Å². The van der Waals surface area contributed by atoms with E-state index in [0.29, 0.717) is 12.8 Å². The third-order valence-corrected chi connectivity index (χ3v) is 5.68. The van der Waals surface area contributed by atoms with Gasteiger partial charge >= 0.3 is 5.97 Å². The molecule has 0 bridgehead atoms. The molecule has 0 saturated heterocycles. The molecule has 2 aromatic carbocycles. The van der Waals surface area contributed by atoms with Crippen molar-refractivity contribution < 1.29 is 28.2 Å². The summed E-state index contributed by atoms with van der Waals surface area (Å²) in [5.74, 6) is -1.33. The first kappa shape index (κ1) is 19.0. The zero-order valence-electron chi connectivity index (χ0n) is 14.8. The number of carboxylic acids is 1. The molecule has 6 nitrogen and oxygen atoms in total. The lowest BCUT2D eigenvalue weighted by atomic mass is 9.82. The summed E-state index contributed by atoms with van der Waals surface area (Å²) in [6.07, 6.45) is 0.994. The molecular weight excluding hydrogens is 368 g/mol. The highest BCUT2D eigenvalue weighted by Crippen LogP contribution is 2.34. The second-order valence-electron chi connectivity index (χ2n) is 6.68. The van der Waals surface area contributed by atoms with Gasteiger partial charge in [0.25, 0.3) is 0 Å². The normalized spacial score (nSPS) is 19.5. The molecule has 0 aromatic heterocycles. The molecule has 2 unspecified atom stereocenters. The van der Waals surface area contributed by atoms with Crippen molar-refractivity contribution in [1.29, 1.82) is 0 Å². The molecule has 2 N–H and O–H groups in total. The summed E-state index contributed by atoms with van der Waals surface area (Å²) in [6, 6.07) is 11.9. The van der Waals surface area contributed by atoms with Crippen molar-refractivity contribution in [3.63, 3.8) is 0 Å². The Balaban J connectivity index is 1.82. The van der Waals surface area contributed by atoms with E-state index in [9.17, 15) is 18.3 Å². The van der Waals surface area contributed by atoms with Crippen molar-refractivity contribution in [3.05, 3.63) is 59.2 Å². The second kappa shape index (κ2) is 7.84. The molecule has 0 aliphatic heterocycles. The number of carbonyl (C=O) groups is 1. The molecule has 7 heteroatoms. The number of ether oxygens (including phenoxy) is 1. The monoisotopic (exact) mass is 388 g/mol. The lowest BCUT2D eigenvalue weighted by molar-refractivity contribution is 0.0693. The van der Waals surface area contributed by atoms with Crippen LogP contribution in [0.25, 0.3) is 0 Å². The van der Waals surface area contributed by atoms with E-state index >= 15 is 0 Å². The summed E-state index contributed by atoms with van der Waals surface area (Å²) in [6.45, 7) is 2.00. The number of rotatable bonds is 4. The van der Waals surface area contributed by atoms with Crippen LogP contribution in [0.3, 0.4) is 0 Å². The van der Waals surface area contributed by atoms with Crippen LogP contribution in [-0.4, -0.2) is 35.6 Å². The molecule has 27 heavy (non-hydrogen) atoms. The number of aromatic carboxylic acids is 1. The molecular formula is C20H20O6S. The molecule has 0 amide bonds. The maximum atomic E-state index is 11.8. The molecule has 1 aliphatic carbocycles. The van der Waals surface area contributed by atoms with Crippen molar-refractivity contribution >= 4 is 21.1 Å². The van der Waals surface area contributed by atoms with Gasteiger partial charge in [-0.3, -0.25) is 0 Å². The van der Waals surface area contributed by atoms with E-state index in [1.54, 1.807) is 0 Å². The first-order valence-corrected chi connectivity index (χ1v) is 9.67. The van der Waals surface area contributed by atoms with Gasteiger partial charge in [0.2, 0.25) is 10.3 Å². The average Bonchev–Trinajstić information content (AvgIpc) is 2.64. The van der Waals surface area contributed by atoms with Gasteiger partial charge in [-0.25, -0.2) is 4.79 Å². The first-order valence-electron chi connectivity index (χ1n) is 8.59. The number of phenols is 1. The number of aryl methyl sites for hydroxylation is 1. The van der Waals surface area contributed by atoms with Crippen molar-refractivity contribution in [2.75, 3.05) is 0 Å². The molecule has 2 atom stereocenters. The van der Waals surface area contributed by atoms with Crippen LogP contribution in [-0.2, 0) is 10.3 Å². The summed E-state index contributed by atoms with van der Waals surface area (Å²) >= 11 is 0. The van der Waals surface area contributed by atoms with Gasteiger partial charge in [0.05, 0.1) is 4.86 Å². The zero-order valence-corrected chi connectivity index (χ0v) is 15.6. The quantitative estimate of drug-likeness (QED) is 0.780. The zero-order chi connectivity index (χ0) is 19.6. The largest absolute Gasteiger partial charge is 0.507 e. The average molecular weight is 388 g/mol. The Morgan fingerprint density at radius 1 is 1.11 bits per heavy atom. The third-order valence-electron chi connectivity index (χ3n) is 4.82. The van der Waals surface area contributed by atoms with Gasteiger partial charge in [0, 0.05) is 0 Å². The molecule has 0 radical (unpaired) electrons. The summed E-state index contributed by atoms with van der Waals surface area (Å²) in [4.78, 5) is 11.4. The fraction of sp³-hybridized carbons (Fsp3) is 0.300. The molecule has 0 spiro atoms. The van der Waals surface area contributed by atoms with E-state index in [0.717, 1.165) is 17.5 Å². The van der Waals surface area contributed by atoms with Crippen LogP contribution >= 0.6 is 0 Å². The van der Waals surface area contributed by atoms with Crippen molar-refractivity contribution in [2.45, 2.75) is 38.2 Å². The van der Waals surface area contributed by atoms with Crippen molar-refractivity contribution in [1.82, 2.24) is 0 Å². The summed E-state index contributed by atoms with van der Waals surface area (Å²) in [7, 11) is -2.40. The highest BCUT2D eigenvalue weighted by Gasteiger charge is 2.30. The van der Waals surface area contributed by atoms with Gasteiger partial charge < -0.3 is 14.9 Å². The lowest BCUT2D eigenvalue weighted by Gasteiger charge is -2.29. The molecule has 142 valence electrons. The molecule has 1 aliphatic rings. The Kier molecular flexibility index (Phi) is 5.51. The first-order chi connectivity index (χ1) is 12.8. The Morgan fingerprint density at radius 2 is 1.81 bits per heavy atom. The fourth-order valence-electron chi connectivity index (χ4n) is 3.34.